The Bertz CT molecular complexity index is 799. The van der Waals surface area contributed by atoms with Crippen LogP contribution in [0, 0.1) is 5.92 Å². The molecule has 0 spiro atoms. The summed E-state index contributed by atoms with van der Waals surface area (Å²) in [4.78, 5) is 2.43. The van der Waals surface area contributed by atoms with E-state index in [4.69, 9.17) is 4.42 Å². The molecule has 0 fully saturated rings. The van der Waals surface area contributed by atoms with E-state index in [9.17, 15) is 0 Å². The number of hydrogen-bond donors (Lipinski definition) is 2. The Hall–Kier alpha value is -2.34. The van der Waals surface area contributed by atoms with Crippen LogP contribution in [0.4, 0.5) is 0 Å². The van der Waals surface area contributed by atoms with Gasteiger partial charge in [-0.25, -0.2) is 0 Å². The van der Waals surface area contributed by atoms with Gasteiger partial charge in [0.15, 0.2) is 5.76 Å². The SMILES string of the molecule is CC(C)Cc1n[nH]c2c1CN(Cc1ccc(-c3ccn[nH]3)o1)CC2. The maximum atomic E-state index is 5.96. The molecule has 4 heterocycles. The van der Waals surface area contributed by atoms with Crippen molar-refractivity contribution in [3.05, 3.63) is 47.1 Å². The number of rotatable bonds is 5. The summed E-state index contributed by atoms with van der Waals surface area (Å²) in [6.07, 6.45) is 3.79. The molecule has 0 aromatic carbocycles. The van der Waals surface area contributed by atoms with Crippen molar-refractivity contribution in [1.29, 1.82) is 0 Å². The molecule has 4 rings (SSSR count). The number of furan rings is 1. The molecule has 1 aliphatic heterocycles. The minimum Gasteiger partial charge on any atom is -0.458 e. The lowest BCUT2D eigenvalue weighted by Gasteiger charge is -2.26. The van der Waals surface area contributed by atoms with E-state index in [1.165, 1.54) is 17.0 Å². The Morgan fingerprint density at radius 1 is 1.25 bits per heavy atom. The van der Waals surface area contributed by atoms with Crippen molar-refractivity contribution in [3.8, 4) is 11.5 Å². The first-order valence-corrected chi connectivity index (χ1v) is 8.55. The van der Waals surface area contributed by atoms with Gasteiger partial charge in [0, 0.05) is 37.0 Å². The maximum absolute atomic E-state index is 5.96. The zero-order chi connectivity index (χ0) is 16.5. The Kier molecular flexibility index (Phi) is 3.98. The van der Waals surface area contributed by atoms with Gasteiger partial charge in [0.05, 0.1) is 12.2 Å². The molecule has 1 aliphatic rings. The molecule has 24 heavy (non-hydrogen) atoms. The van der Waals surface area contributed by atoms with Crippen molar-refractivity contribution >= 4 is 0 Å². The Labute approximate surface area is 141 Å². The standard InChI is InChI=1S/C18H23N5O/c1-12(2)9-17-14-11-23(8-6-15(14)21-22-17)10-13-3-4-18(24-13)16-5-7-19-20-16/h3-5,7,12H,6,8-11H2,1-2H3,(H,19,20)(H,21,22). The van der Waals surface area contributed by atoms with Crippen LogP contribution in [0.5, 0.6) is 0 Å². The molecular weight excluding hydrogens is 302 g/mol. The van der Waals surface area contributed by atoms with Crippen LogP contribution in [0.1, 0.15) is 36.6 Å². The van der Waals surface area contributed by atoms with Crippen molar-refractivity contribution in [2.75, 3.05) is 6.54 Å². The zero-order valence-electron chi connectivity index (χ0n) is 14.2. The van der Waals surface area contributed by atoms with Crippen molar-refractivity contribution < 1.29 is 4.42 Å². The number of aromatic amines is 2. The van der Waals surface area contributed by atoms with Crippen LogP contribution in [-0.2, 0) is 25.9 Å². The van der Waals surface area contributed by atoms with Crippen LogP contribution in [0.15, 0.2) is 28.8 Å². The van der Waals surface area contributed by atoms with Crippen LogP contribution >= 0.6 is 0 Å². The molecular formula is C18H23N5O. The molecule has 3 aromatic rings. The Morgan fingerprint density at radius 2 is 2.17 bits per heavy atom. The van der Waals surface area contributed by atoms with Gasteiger partial charge in [0.1, 0.15) is 11.5 Å². The summed E-state index contributed by atoms with van der Waals surface area (Å²) in [6, 6.07) is 5.97. The maximum Gasteiger partial charge on any atom is 0.152 e. The minimum absolute atomic E-state index is 0.620. The van der Waals surface area contributed by atoms with Gasteiger partial charge in [-0.1, -0.05) is 13.8 Å². The quantitative estimate of drug-likeness (QED) is 0.756. The zero-order valence-corrected chi connectivity index (χ0v) is 14.2. The first-order chi connectivity index (χ1) is 11.7. The van der Waals surface area contributed by atoms with Crippen LogP contribution in [0.2, 0.25) is 0 Å². The van der Waals surface area contributed by atoms with Crippen LogP contribution in [-0.4, -0.2) is 31.8 Å². The first kappa shape index (κ1) is 15.2. The predicted octanol–water partition coefficient (Wildman–Crippen LogP) is 3.15. The fraction of sp³-hybridized carbons (Fsp3) is 0.444. The average Bonchev–Trinajstić information content (AvgIpc) is 3.28. The largest absolute Gasteiger partial charge is 0.458 e. The molecule has 6 heteroatoms. The van der Waals surface area contributed by atoms with Crippen molar-refractivity contribution in [2.24, 2.45) is 5.92 Å². The lowest BCUT2D eigenvalue weighted by atomic mass is 10.00. The third kappa shape index (κ3) is 3.01. The summed E-state index contributed by atoms with van der Waals surface area (Å²) in [7, 11) is 0. The van der Waals surface area contributed by atoms with Gasteiger partial charge in [-0.15, -0.1) is 0 Å². The second kappa shape index (κ2) is 6.28. The highest BCUT2D eigenvalue weighted by Gasteiger charge is 2.23. The monoisotopic (exact) mass is 325 g/mol. The summed E-state index contributed by atoms with van der Waals surface area (Å²) in [6.45, 7) is 7.26. The fourth-order valence-corrected chi connectivity index (χ4v) is 3.32. The van der Waals surface area contributed by atoms with Crippen LogP contribution in [0.25, 0.3) is 11.5 Å². The minimum atomic E-state index is 0.620. The summed E-state index contributed by atoms with van der Waals surface area (Å²) in [5.74, 6) is 2.44. The van der Waals surface area contributed by atoms with Crippen LogP contribution < -0.4 is 0 Å². The van der Waals surface area contributed by atoms with Crippen molar-refractivity contribution in [2.45, 2.75) is 39.8 Å². The lowest BCUT2D eigenvalue weighted by Crippen LogP contribution is -2.30. The van der Waals surface area contributed by atoms with Gasteiger partial charge in [-0.05, 0) is 30.5 Å². The molecule has 0 aliphatic carbocycles. The third-order valence-corrected chi connectivity index (χ3v) is 4.51. The highest BCUT2D eigenvalue weighted by atomic mass is 16.3. The highest BCUT2D eigenvalue weighted by Crippen LogP contribution is 2.25. The molecule has 0 amide bonds. The summed E-state index contributed by atoms with van der Waals surface area (Å²) >= 11 is 0. The molecule has 0 radical (unpaired) electrons. The summed E-state index contributed by atoms with van der Waals surface area (Å²) in [5, 5.41) is 14.7. The van der Waals surface area contributed by atoms with Gasteiger partial charge in [-0.3, -0.25) is 15.1 Å². The molecule has 0 atom stereocenters. The molecule has 126 valence electrons. The fourth-order valence-electron chi connectivity index (χ4n) is 3.32. The van der Waals surface area contributed by atoms with Gasteiger partial charge in [-0.2, -0.15) is 10.2 Å². The summed E-state index contributed by atoms with van der Waals surface area (Å²) in [5.41, 5.74) is 4.83. The molecule has 6 nitrogen and oxygen atoms in total. The van der Waals surface area contributed by atoms with Crippen LogP contribution in [0.3, 0.4) is 0 Å². The van der Waals surface area contributed by atoms with E-state index in [0.29, 0.717) is 5.92 Å². The Balaban J connectivity index is 1.46. The molecule has 0 saturated carbocycles. The van der Waals surface area contributed by atoms with Gasteiger partial charge >= 0.3 is 0 Å². The van der Waals surface area contributed by atoms with E-state index >= 15 is 0 Å². The van der Waals surface area contributed by atoms with E-state index in [0.717, 1.165) is 49.7 Å². The van der Waals surface area contributed by atoms with E-state index < -0.39 is 0 Å². The lowest BCUT2D eigenvalue weighted by molar-refractivity contribution is 0.225. The van der Waals surface area contributed by atoms with E-state index in [2.05, 4.69) is 45.2 Å². The molecule has 0 bridgehead atoms. The van der Waals surface area contributed by atoms with Crippen molar-refractivity contribution in [3.63, 3.8) is 0 Å². The smallest absolute Gasteiger partial charge is 0.152 e. The van der Waals surface area contributed by atoms with Gasteiger partial charge in [0.2, 0.25) is 0 Å². The molecule has 0 unspecified atom stereocenters. The summed E-state index contributed by atoms with van der Waals surface area (Å²) < 4.78 is 5.96. The topological polar surface area (TPSA) is 73.7 Å². The number of fused-ring (bicyclic) bond motifs is 1. The highest BCUT2D eigenvalue weighted by molar-refractivity contribution is 5.51. The van der Waals surface area contributed by atoms with Gasteiger partial charge < -0.3 is 4.42 Å². The van der Waals surface area contributed by atoms with Crippen molar-refractivity contribution in [1.82, 2.24) is 25.3 Å². The molecule has 3 aromatic heterocycles. The van der Waals surface area contributed by atoms with Gasteiger partial charge in [0.25, 0.3) is 0 Å². The Morgan fingerprint density at radius 3 is 2.96 bits per heavy atom. The third-order valence-electron chi connectivity index (χ3n) is 4.51. The number of nitrogens with one attached hydrogen (secondary N) is 2. The average molecular weight is 325 g/mol. The first-order valence-electron chi connectivity index (χ1n) is 8.55. The van der Waals surface area contributed by atoms with E-state index in [1.54, 1.807) is 6.20 Å². The molecule has 2 N–H and O–H groups in total. The second-order valence-electron chi connectivity index (χ2n) is 6.92. The second-order valence-corrected chi connectivity index (χ2v) is 6.92. The normalized spacial score (nSPS) is 15.1. The van der Waals surface area contributed by atoms with E-state index in [-0.39, 0.29) is 0 Å². The number of aromatic nitrogens is 4. The van der Waals surface area contributed by atoms with E-state index in [1.807, 2.05) is 12.1 Å². The number of H-pyrrole nitrogens is 2. The molecule has 0 saturated heterocycles. The number of hydrogen-bond acceptors (Lipinski definition) is 4. The predicted molar refractivity (Wildman–Crippen MR) is 91.2 cm³/mol. The number of nitrogens with zero attached hydrogens (tertiary/aromatic N) is 3.